The molecule has 0 radical (unpaired) electrons. The van der Waals surface area contributed by atoms with E-state index >= 15 is 0 Å². The summed E-state index contributed by atoms with van der Waals surface area (Å²) in [5.41, 5.74) is 5.99. The smallest absolute Gasteiger partial charge is 0.245 e. The van der Waals surface area contributed by atoms with Crippen molar-refractivity contribution in [2.24, 2.45) is 0 Å². The molecule has 1 aromatic carbocycles. The zero-order valence-electron chi connectivity index (χ0n) is 11.4. The molecule has 0 bridgehead atoms. The predicted octanol–water partition coefficient (Wildman–Crippen LogP) is 1.45. The van der Waals surface area contributed by atoms with Gasteiger partial charge in [0.05, 0.1) is 25.4 Å². The molecule has 2 fully saturated rings. The van der Waals surface area contributed by atoms with Crippen LogP contribution in [0.5, 0.6) is 0 Å². The van der Waals surface area contributed by atoms with Crippen molar-refractivity contribution in [1.82, 2.24) is 4.31 Å². The molecule has 8 heteroatoms. The van der Waals surface area contributed by atoms with E-state index < -0.39 is 15.8 Å². The number of benzene rings is 1. The van der Waals surface area contributed by atoms with Crippen molar-refractivity contribution in [1.29, 1.82) is 0 Å². The fraction of sp³-hybridized carbons (Fsp3) is 0.538. The van der Waals surface area contributed by atoms with Gasteiger partial charge in [0.1, 0.15) is 4.90 Å². The van der Waals surface area contributed by atoms with Crippen LogP contribution in [0.1, 0.15) is 12.8 Å². The van der Waals surface area contributed by atoms with E-state index in [1.54, 1.807) is 6.07 Å². The predicted molar refractivity (Wildman–Crippen MR) is 78.5 cm³/mol. The van der Waals surface area contributed by atoms with Crippen LogP contribution in [0.3, 0.4) is 0 Å². The van der Waals surface area contributed by atoms with Crippen LogP contribution in [0.2, 0.25) is 5.02 Å². The molecule has 3 rings (SSSR count). The molecule has 1 spiro atoms. The average Bonchev–Trinajstić information content (AvgIpc) is 2.89. The Morgan fingerprint density at radius 3 is 2.71 bits per heavy atom. The van der Waals surface area contributed by atoms with Crippen molar-refractivity contribution in [2.45, 2.75) is 23.5 Å². The Morgan fingerprint density at radius 1 is 1.29 bits per heavy atom. The number of hydrogen-bond acceptors (Lipinski definition) is 5. The number of nitrogens with zero attached hydrogens (tertiary/aromatic N) is 1. The van der Waals surface area contributed by atoms with Gasteiger partial charge in [0.15, 0.2) is 5.79 Å². The molecule has 0 aliphatic carbocycles. The van der Waals surface area contributed by atoms with E-state index in [-0.39, 0.29) is 17.1 Å². The first kappa shape index (κ1) is 15.1. The lowest BCUT2D eigenvalue weighted by atomic mass is 10.1. The molecular formula is C13H17ClN2O4S. The Labute approximate surface area is 128 Å². The van der Waals surface area contributed by atoms with Gasteiger partial charge in [-0.1, -0.05) is 11.6 Å². The van der Waals surface area contributed by atoms with Gasteiger partial charge >= 0.3 is 0 Å². The number of hydrogen-bond donors (Lipinski definition) is 1. The normalized spacial score (nSPS) is 22.7. The Morgan fingerprint density at radius 2 is 2.00 bits per heavy atom. The summed E-state index contributed by atoms with van der Waals surface area (Å²) in [6.07, 6.45) is 1.38. The first-order chi connectivity index (χ1) is 9.93. The van der Waals surface area contributed by atoms with Gasteiger partial charge in [0, 0.05) is 18.0 Å². The number of piperidine rings is 1. The van der Waals surface area contributed by atoms with E-state index in [1.165, 1.54) is 16.4 Å². The van der Waals surface area contributed by atoms with E-state index in [9.17, 15) is 8.42 Å². The second-order valence-corrected chi connectivity index (χ2v) is 7.57. The van der Waals surface area contributed by atoms with Crippen LogP contribution in [0.4, 0.5) is 5.69 Å². The third kappa shape index (κ3) is 2.76. The Hall–Kier alpha value is -0.860. The second kappa shape index (κ2) is 5.40. The molecule has 6 nitrogen and oxygen atoms in total. The molecule has 21 heavy (non-hydrogen) atoms. The number of anilines is 1. The zero-order chi connectivity index (χ0) is 15.1. The van der Waals surface area contributed by atoms with Crippen LogP contribution >= 0.6 is 11.6 Å². The van der Waals surface area contributed by atoms with Crippen molar-refractivity contribution in [3.8, 4) is 0 Å². The summed E-state index contributed by atoms with van der Waals surface area (Å²) >= 11 is 5.89. The van der Waals surface area contributed by atoms with E-state index in [1.807, 2.05) is 0 Å². The third-order valence-corrected chi connectivity index (χ3v) is 5.93. The number of nitrogen functional groups attached to an aromatic ring is 1. The molecule has 2 aliphatic heterocycles. The molecule has 2 N–H and O–H groups in total. The molecule has 2 heterocycles. The molecule has 1 aromatic rings. The van der Waals surface area contributed by atoms with Crippen LogP contribution in [-0.4, -0.2) is 44.8 Å². The molecule has 0 saturated carbocycles. The van der Waals surface area contributed by atoms with Gasteiger partial charge in [-0.25, -0.2) is 8.42 Å². The van der Waals surface area contributed by atoms with Crippen LogP contribution in [0.15, 0.2) is 23.1 Å². The highest BCUT2D eigenvalue weighted by Gasteiger charge is 2.44. The standard InChI is InChI=1S/C13H17ClN2O4S/c14-10-2-3-11(15)12(8-10)21(17,18)16-5-1-4-13(9-16)19-6-7-20-13/h2-3,8H,1,4-7,9,15H2. The highest BCUT2D eigenvalue weighted by Crippen LogP contribution is 2.34. The Balaban J connectivity index is 1.92. The minimum absolute atomic E-state index is 0.0325. The first-order valence-electron chi connectivity index (χ1n) is 6.76. The zero-order valence-corrected chi connectivity index (χ0v) is 13.0. The topological polar surface area (TPSA) is 81.9 Å². The lowest BCUT2D eigenvalue weighted by molar-refractivity contribution is -0.179. The maximum absolute atomic E-state index is 12.8. The van der Waals surface area contributed by atoms with Gasteiger partial charge in [-0.2, -0.15) is 4.31 Å². The molecular weight excluding hydrogens is 316 g/mol. The van der Waals surface area contributed by atoms with Crippen molar-refractivity contribution >= 4 is 27.3 Å². The van der Waals surface area contributed by atoms with E-state index in [0.717, 1.165) is 0 Å². The summed E-state index contributed by atoms with van der Waals surface area (Å²) in [5, 5.41) is 0.336. The molecule has 116 valence electrons. The lowest BCUT2D eigenvalue weighted by Gasteiger charge is -2.37. The maximum atomic E-state index is 12.8. The number of rotatable bonds is 2. The van der Waals surface area contributed by atoms with E-state index in [0.29, 0.717) is 37.6 Å². The summed E-state index contributed by atoms with van der Waals surface area (Å²) in [4.78, 5) is 0.0325. The molecule has 2 saturated heterocycles. The maximum Gasteiger partial charge on any atom is 0.245 e. The van der Waals surface area contributed by atoms with Gasteiger partial charge in [-0.3, -0.25) is 0 Å². The SMILES string of the molecule is Nc1ccc(Cl)cc1S(=O)(=O)N1CCCC2(C1)OCCO2. The summed E-state index contributed by atoms with van der Waals surface area (Å²) in [5.74, 6) is -0.807. The van der Waals surface area contributed by atoms with Crippen molar-refractivity contribution in [3.05, 3.63) is 23.2 Å². The van der Waals surface area contributed by atoms with E-state index in [2.05, 4.69) is 0 Å². The van der Waals surface area contributed by atoms with Crippen LogP contribution < -0.4 is 5.73 Å². The van der Waals surface area contributed by atoms with Crippen LogP contribution in [0, 0.1) is 0 Å². The van der Waals surface area contributed by atoms with Crippen molar-refractivity contribution < 1.29 is 17.9 Å². The van der Waals surface area contributed by atoms with Crippen LogP contribution in [0.25, 0.3) is 0 Å². The molecule has 0 aromatic heterocycles. The Bertz CT molecular complexity index is 644. The highest BCUT2D eigenvalue weighted by molar-refractivity contribution is 7.89. The number of nitrogens with two attached hydrogens (primary N) is 1. The quantitative estimate of drug-likeness (QED) is 0.829. The fourth-order valence-corrected chi connectivity index (χ4v) is 4.65. The molecule has 0 atom stereocenters. The summed E-state index contributed by atoms with van der Waals surface area (Å²) in [6, 6.07) is 4.44. The Kier molecular flexibility index (Phi) is 3.87. The van der Waals surface area contributed by atoms with Gasteiger partial charge in [0.2, 0.25) is 10.0 Å². The minimum Gasteiger partial charge on any atom is -0.398 e. The highest BCUT2D eigenvalue weighted by atomic mass is 35.5. The third-order valence-electron chi connectivity index (χ3n) is 3.79. The first-order valence-corrected chi connectivity index (χ1v) is 8.58. The summed E-state index contributed by atoms with van der Waals surface area (Å²) < 4.78 is 38.1. The molecule has 0 amide bonds. The lowest BCUT2D eigenvalue weighted by Crippen LogP contribution is -2.50. The van der Waals surface area contributed by atoms with Gasteiger partial charge in [0.25, 0.3) is 0 Å². The number of ether oxygens (including phenoxy) is 2. The van der Waals surface area contributed by atoms with Crippen LogP contribution in [-0.2, 0) is 19.5 Å². The number of halogens is 1. The van der Waals surface area contributed by atoms with Crippen molar-refractivity contribution in [2.75, 3.05) is 32.0 Å². The van der Waals surface area contributed by atoms with Crippen molar-refractivity contribution in [3.63, 3.8) is 0 Å². The molecule has 2 aliphatic rings. The largest absolute Gasteiger partial charge is 0.398 e. The number of sulfonamides is 1. The fourth-order valence-electron chi connectivity index (χ4n) is 2.76. The van der Waals surface area contributed by atoms with Gasteiger partial charge < -0.3 is 15.2 Å². The van der Waals surface area contributed by atoms with Gasteiger partial charge in [-0.15, -0.1) is 0 Å². The summed E-state index contributed by atoms with van der Waals surface area (Å²) in [7, 11) is -3.71. The average molecular weight is 333 g/mol. The molecule has 0 unspecified atom stereocenters. The van der Waals surface area contributed by atoms with E-state index in [4.69, 9.17) is 26.8 Å². The second-order valence-electron chi connectivity index (χ2n) is 5.23. The monoisotopic (exact) mass is 332 g/mol. The summed E-state index contributed by atoms with van der Waals surface area (Å²) in [6.45, 7) is 1.59. The van der Waals surface area contributed by atoms with Gasteiger partial charge in [-0.05, 0) is 24.6 Å². The minimum atomic E-state index is -3.71.